The van der Waals surface area contributed by atoms with Gasteiger partial charge < -0.3 is 0 Å². The van der Waals surface area contributed by atoms with E-state index in [4.69, 9.17) is 46.4 Å². The monoisotopic (exact) mass is 383 g/mol. The largest absolute Gasteiger partial charge is 0.240 e. The molecule has 0 spiro atoms. The zero-order chi connectivity index (χ0) is 15.6. The standard InChI is InChI=1S/C13H9Cl4NO2S/c14-9-2-1-8(12(16)5-9)7-18-21(19,20)10-3-4-11(15)13(17)6-10/h1-6,18H,7H2. The van der Waals surface area contributed by atoms with Crippen LogP contribution in [0, 0.1) is 0 Å². The van der Waals surface area contributed by atoms with Crippen molar-refractivity contribution in [3.05, 3.63) is 62.1 Å². The molecule has 0 radical (unpaired) electrons. The number of hydrogen-bond donors (Lipinski definition) is 1. The molecule has 1 N–H and O–H groups in total. The van der Waals surface area contributed by atoms with Crippen molar-refractivity contribution in [3.63, 3.8) is 0 Å². The molecule has 3 nitrogen and oxygen atoms in total. The van der Waals surface area contributed by atoms with Gasteiger partial charge in [0.05, 0.1) is 14.9 Å². The number of rotatable bonds is 4. The van der Waals surface area contributed by atoms with Gasteiger partial charge in [-0.3, -0.25) is 0 Å². The van der Waals surface area contributed by atoms with Gasteiger partial charge in [-0.25, -0.2) is 13.1 Å². The Morgan fingerprint density at radius 2 is 1.57 bits per heavy atom. The van der Waals surface area contributed by atoms with E-state index in [2.05, 4.69) is 4.72 Å². The zero-order valence-corrected chi connectivity index (χ0v) is 14.2. The molecule has 0 fully saturated rings. The van der Waals surface area contributed by atoms with Crippen LogP contribution in [0.3, 0.4) is 0 Å². The molecule has 2 aromatic rings. The molecule has 0 aliphatic carbocycles. The first-order valence-corrected chi connectivity index (χ1v) is 8.68. The average molecular weight is 385 g/mol. The van der Waals surface area contributed by atoms with Gasteiger partial charge in [0.2, 0.25) is 10.0 Å². The summed E-state index contributed by atoms with van der Waals surface area (Å²) < 4.78 is 26.8. The minimum atomic E-state index is -3.71. The molecule has 0 bridgehead atoms. The SMILES string of the molecule is O=S(=O)(NCc1ccc(Cl)cc1Cl)c1ccc(Cl)c(Cl)c1. The van der Waals surface area contributed by atoms with Crippen LogP contribution in [-0.2, 0) is 16.6 Å². The quantitative estimate of drug-likeness (QED) is 0.824. The van der Waals surface area contributed by atoms with E-state index in [0.717, 1.165) is 0 Å². The molecule has 0 aliphatic rings. The van der Waals surface area contributed by atoms with Crippen molar-refractivity contribution in [1.29, 1.82) is 0 Å². The van der Waals surface area contributed by atoms with Crippen LogP contribution < -0.4 is 4.72 Å². The lowest BCUT2D eigenvalue weighted by Crippen LogP contribution is -2.23. The summed E-state index contributed by atoms with van der Waals surface area (Å²) in [5, 5.41) is 1.33. The maximum absolute atomic E-state index is 12.2. The van der Waals surface area contributed by atoms with Crippen LogP contribution in [0.1, 0.15) is 5.56 Å². The molecule has 0 aliphatic heterocycles. The van der Waals surface area contributed by atoms with Gasteiger partial charge in [-0.05, 0) is 35.9 Å². The van der Waals surface area contributed by atoms with Gasteiger partial charge in [-0.1, -0.05) is 52.5 Å². The van der Waals surface area contributed by atoms with Crippen LogP contribution in [0.2, 0.25) is 20.1 Å². The predicted molar refractivity (Wildman–Crippen MR) is 86.9 cm³/mol. The molecule has 21 heavy (non-hydrogen) atoms. The minimum absolute atomic E-state index is 0.0296. The molecule has 2 rings (SSSR count). The molecule has 0 heterocycles. The molecule has 8 heteroatoms. The Hall–Kier alpha value is -0.490. The second-order valence-corrected chi connectivity index (χ2v) is 7.56. The highest BCUT2D eigenvalue weighted by Crippen LogP contribution is 2.25. The average Bonchev–Trinajstić information content (AvgIpc) is 2.40. The van der Waals surface area contributed by atoms with Crippen molar-refractivity contribution < 1.29 is 8.42 Å². The van der Waals surface area contributed by atoms with Gasteiger partial charge in [-0.2, -0.15) is 0 Å². The lowest BCUT2D eigenvalue weighted by Gasteiger charge is -2.09. The summed E-state index contributed by atoms with van der Waals surface area (Å²) in [7, 11) is -3.71. The Labute approximate surface area is 142 Å². The molecule has 112 valence electrons. The summed E-state index contributed by atoms with van der Waals surface area (Å²) >= 11 is 23.4. The Balaban J connectivity index is 2.19. The first-order chi connectivity index (χ1) is 9.79. The summed E-state index contributed by atoms with van der Waals surface area (Å²) in [5.74, 6) is 0. The van der Waals surface area contributed by atoms with Crippen molar-refractivity contribution >= 4 is 56.4 Å². The van der Waals surface area contributed by atoms with Gasteiger partial charge in [0, 0.05) is 16.6 Å². The van der Waals surface area contributed by atoms with E-state index in [1.807, 2.05) is 0 Å². The number of nitrogens with one attached hydrogen (secondary N) is 1. The summed E-state index contributed by atoms with van der Waals surface area (Å²) in [6.45, 7) is 0.0403. The highest BCUT2D eigenvalue weighted by molar-refractivity contribution is 7.89. The Morgan fingerprint density at radius 1 is 0.857 bits per heavy atom. The minimum Gasteiger partial charge on any atom is -0.207 e. The molecule has 0 atom stereocenters. The van der Waals surface area contributed by atoms with Crippen LogP contribution in [0.25, 0.3) is 0 Å². The third kappa shape index (κ3) is 4.25. The zero-order valence-electron chi connectivity index (χ0n) is 10.4. The summed E-state index contributed by atoms with van der Waals surface area (Å²) in [6, 6.07) is 8.92. The molecule has 0 amide bonds. The van der Waals surface area contributed by atoms with Crippen LogP contribution in [0.4, 0.5) is 0 Å². The topological polar surface area (TPSA) is 46.2 Å². The van der Waals surface area contributed by atoms with E-state index in [1.54, 1.807) is 18.2 Å². The number of halogens is 4. The van der Waals surface area contributed by atoms with E-state index >= 15 is 0 Å². The number of sulfonamides is 1. The van der Waals surface area contributed by atoms with E-state index in [1.165, 1.54) is 18.2 Å². The number of benzene rings is 2. The van der Waals surface area contributed by atoms with Crippen molar-refractivity contribution in [2.75, 3.05) is 0 Å². The van der Waals surface area contributed by atoms with Crippen LogP contribution >= 0.6 is 46.4 Å². The number of hydrogen-bond acceptors (Lipinski definition) is 2. The summed E-state index contributed by atoms with van der Waals surface area (Å²) in [5.41, 5.74) is 0.615. The normalized spacial score (nSPS) is 11.6. The fourth-order valence-corrected chi connectivity index (χ4v) is 3.44. The molecular weight excluding hydrogens is 376 g/mol. The van der Waals surface area contributed by atoms with E-state index < -0.39 is 10.0 Å². The highest BCUT2D eigenvalue weighted by atomic mass is 35.5. The molecular formula is C13H9Cl4NO2S. The van der Waals surface area contributed by atoms with Crippen LogP contribution in [0.5, 0.6) is 0 Å². The first kappa shape index (κ1) is 16.9. The van der Waals surface area contributed by atoms with E-state index in [0.29, 0.717) is 15.6 Å². The van der Waals surface area contributed by atoms with Crippen molar-refractivity contribution in [2.45, 2.75) is 11.4 Å². The van der Waals surface area contributed by atoms with Gasteiger partial charge in [0.15, 0.2) is 0 Å². The van der Waals surface area contributed by atoms with Crippen molar-refractivity contribution in [1.82, 2.24) is 4.72 Å². The Kier molecular flexibility index (Phi) is 5.41. The molecule has 2 aromatic carbocycles. The van der Waals surface area contributed by atoms with Crippen LogP contribution in [0.15, 0.2) is 41.3 Å². The smallest absolute Gasteiger partial charge is 0.207 e. The summed E-state index contributed by atoms with van der Waals surface area (Å²) in [4.78, 5) is 0.0296. The first-order valence-electron chi connectivity index (χ1n) is 5.68. The van der Waals surface area contributed by atoms with Crippen LogP contribution in [-0.4, -0.2) is 8.42 Å². The summed E-state index contributed by atoms with van der Waals surface area (Å²) in [6.07, 6.45) is 0. The third-order valence-corrected chi connectivity index (χ3v) is 5.39. The van der Waals surface area contributed by atoms with Crippen molar-refractivity contribution in [2.24, 2.45) is 0 Å². The van der Waals surface area contributed by atoms with Gasteiger partial charge >= 0.3 is 0 Å². The molecule has 0 unspecified atom stereocenters. The fraction of sp³-hybridized carbons (Fsp3) is 0.0769. The maximum Gasteiger partial charge on any atom is 0.240 e. The second kappa shape index (κ2) is 6.73. The lowest BCUT2D eigenvalue weighted by atomic mass is 10.2. The van der Waals surface area contributed by atoms with Gasteiger partial charge in [-0.15, -0.1) is 0 Å². The second-order valence-electron chi connectivity index (χ2n) is 4.14. The Bertz CT molecular complexity index is 778. The highest BCUT2D eigenvalue weighted by Gasteiger charge is 2.16. The van der Waals surface area contributed by atoms with E-state index in [9.17, 15) is 8.42 Å². The maximum atomic E-state index is 12.2. The lowest BCUT2D eigenvalue weighted by molar-refractivity contribution is 0.581. The predicted octanol–water partition coefficient (Wildman–Crippen LogP) is 4.78. The van der Waals surface area contributed by atoms with E-state index in [-0.39, 0.29) is 21.5 Å². The van der Waals surface area contributed by atoms with Gasteiger partial charge in [0.1, 0.15) is 0 Å². The molecule has 0 aromatic heterocycles. The Morgan fingerprint density at radius 3 is 2.19 bits per heavy atom. The molecule has 0 saturated heterocycles. The van der Waals surface area contributed by atoms with Gasteiger partial charge in [0.25, 0.3) is 0 Å². The third-order valence-electron chi connectivity index (χ3n) is 2.67. The fourth-order valence-electron chi connectivity index (χ4n) is 1.57. The van der Waals surface area contributed by atoms with Crippen molar-refractivity contribution in [3.8, 4) is 0 Å². The molecule has 0 saturated carbocycles.